The van der Waals surface area contributed by atoms with E-state index in [0.29, 0.717) is 34.7 Å². The minimum atomic E-state index is -1.12. The number of nitrogens with one attached hydrogen (secondary N) is 2. The lowest BCUT2D eigenvalue weighted by molar-refractivity contribution is -0.143. The second kappa shape index (κ2) is 15.9. The van der Waals surface area contributed by atoms with Crippen LogP contribution in [0.15, 0.2) is 84.9 Å². The van der Waals surface area contributed by atoms with Crippen LogP contribution in [-0.2, 0) is 20.7 Å². The topological polar surface area (TPSA) is 128 Å². The second-order valence-electron chi connectivity index (χ2n) is 14.1. The van der Waals surface area contributed by atoms with E-state index in [4.69, 9.17) is 4.74 Å². The lowest BCUT2D eigenvalue weighted by Gasteiger charge is -2.39. The summed E-state index contributed by atoms with van der Waals surface area (Å²) in [6, 6.07) is 22.1. The molecule has 4 aromatic rings. The van der Waals surface area contributed by atoms with Gasteiger partial charge in [-0.15, -0.1) is 0 Å². The molecular weight excluding hydrogens is 618 g/mol. The number of nitrogens with zero attached hydrogens (tertiary/aromatic N) is 1. The summed E-state index contributed by atoms with van der Waals surface area (Å²) in [6.45, 7) is 13.1. The number of carbonyl (C=O) groups excluding carboxylic acids is 3. The van der Waals surface area contributed by atoms with E-state index < -0.39 is 41.6 Å². The standard InChI is InChI=1S/C40H49N3O6/c1-25(2)12-13-27(4)43(38(47)34(42-39(48)49-40(5,6)7)23-28-14-19-33(44)20-15-28)36(31-17-21-35(45)26(3)22-31)37(46)41-32-18-16-29-10-8-9-11-30(29)24-32/h8-11,14-22,24-25,27,34,36,44-45H,12-13,23H2,1-7H3,(H,41,46)(H,42,48). The maximum atomic E-state index is 15.0. The third kappa shape index (κ3) is 10.2. The van der Waals surface area contributed by atoms with E-state index in [0.717, 1.165) is 17.2 Å². The number of fused-ring (bicyclic) bond motifs is 1. The Bertz CT molecular complexity index is 1760. The molecule has 4 aromatic carbocycles. The first kappa shape index (κ1) is 36.8. The summed E-state index contributed by atoms with van der Waals surface area (Å²) < 4.78 is 5.56. The van der Waals surface area contributed by atoms with Crippen molar-refractivity contribution in [3.63, 3.8) is 0 Å². The number of phenols is 2. The highest BCUT2D eigenvalue weighted by Crippen LogP contribution is 2.32. The molecule has 0 heterocycles. The molecule has 3 unspecified atom stereocenters. The smallest absolute Gasteiger partial charge is 0.408 e. The number of phenolic OH excluding ortho intramolecular Hbond substituents is 2. The molecule has 3 atom stereocenters. The van der Waals surface area contributed by atoms with Crippen LogP contribution in [0.1, 0.15) is 77.1 Å². The summed E-state index contributed by atoms with van der Waals surface area (Å²) in [4.78, 5) is 44.3. The Balaban J connectivity index is 1.82. The molecule has 49 heavy (non-hydrogen) atoms. The van der Waals surface area contributed by atoms with Crippen LogP contribution in [0.3, 0.4) is 0 Å². The van der Waals surface area contributed by atoms with Gasteiger partial charge < -0.3 is 30.5 Å². The average molecular weight is 668 g/mol. The maximum absolute atomic E-state index is 15.0. The fourth-order valence-electron chi connectivity index (χ4n) is 5.77. The molecule has 260 valence electrons. The first-order chi connectivity index (χ1) is 23.1. The molecule has 0 aromatic heterocycles. The lowest BCUT2D eigenvalue weighted by atomic mass is 9.95. The molecule has 0 bridgehead atoms. The zero-order chi connectivity index (χ0) is 35.9. The van der Waals surface area contributed by atoms with Gasteiger partial charge in [0.15, 0.2) is 0 Å². The molecule has 9 nitrogen and oxygen atoms in total. The van der Waals surface area contributed by atoms with E-state index in [-0.39, 0.29) is 17.9 Å². The minimum absolute atomic E-state index is 0.0694. The molecule has 4 rings (SSSR count). The van der Waals surface area contributed by atoms with Gasteiger partial charge in [-0.2, -0.15) is 0 Å². The van der Waals surface area contributed by atoms with Crippen molar-refractivity contribution in [2.24, 2.45) is 5.92 Å². The maximum Gasteiger partial charge on any atom is 0.408 e. The van der Waals surface area contributed by atoms with E-state index in [1.54, 1.807) is 56.9 Å². The molecule has 0 spiro atoms. The molecule has 0 fully saturated rings. The van der Waals surface area contributed by atoms with Crippen LogP contribution < -0.4 is 10.6 Å². The van der Waals surface area contributed by atoms with Gasteiger partial charge in [0.2, 0.25) is 5.91 Å². The fraction of sp³-hybridized carbons (Fsp3) is 0.375. The number of hydrogen-bond donors (Lipinski definition) is 4. The van der Waals surface area contributed by atoms with Gasteiger partial charge in [-0.3, -0.25) is 9.59 Å². The number of ether oxygens (including phenoxy) is 1. The Kier molecular flexibility index (Phi) is 11.9. The van der Waals surface area contributed by atoms with Crippen molar-refractivity contribution in [2.45, 2.75) is 91.5 Å². The molecule has 0 aliphatic rings. The molecular formula is C40H49N3O6. The first-order valence-electron chi connectivity index (χ1n) is 16.8. The zero-order valence-corrected chi connectivity index (χ0v) is 29.5. The third-order valence-corrected chi connectivity index (χ3v) is 8.34. The van der Waals surface area contributed by atoms with Crippen molar-refractivity contribution in [2.75, 3.05) is 5.32 Å². The van der Waals surface area contributed by atoms with Gasteiger partial charge in [-0.25, -0.2) is 4.79 Å². The number of alkyl carbamates (subject to hydrolysis) is 1. The fourth-order valence-corrected chi connectivity index (χ4v) is 5.77. The number of benzene rings is 4. The monoisotopic (exact) mass is 667 g/mol. The zero-order valence-electron chi connectivity index (χ0n) is 29.5. The van der Waals surface area contributed by atoms with Crippen LogP contribution in [0.5, 0.6) is 11.5 Å². The van der Waals surface area contributed by atoms with Crippen molar-refractivity contribution in [1.29, 1.82) is 0 Å². The number of rotatable bonds is 12. The normalized spacial score (nSPS) is 13.4. The van der Waals surface area contributed by atoms with Gasteiger partial charge >= 0.3 is 6.09 Å². The molecule has 0 saturated carbocycles. The predicted octanol–water partition coefficient (Wildman–Crippen LogP) is 8.03. The largest absolute Gasteiger partial charge is 0.508 e. The molecule has 0 saturated heterocycles. The number of aromatic hydroxyl groups is 2. The second-order valence-corrected chi connectivity index (χ2v) is 14.1. The van der Waals surface area contributed by atoms with Gasteiger partial charge in [-0.05, 0) is 117 Å². The van der Waals surface area contributed by atoms with E-state index in [1.165, 1.54) is 18.2 Å². The summed E-state index contributed by atoms with van der Waals surface area (Å²) in [5.41, 5.74) is 1.51. The Hall–Kier alpha value is -5.05. The SMILES string of the molecule is Cc1cc(C(C(=O)Nc2ccc3ccccc3c2)N(C(=O)C(Cc2ccc(O)cc2)NC(=O)OC(C)(C)C)C(C)CCC(C)C)ccc1O. The average Bonchev–Trinajstić information content (AvgIpc) is 3.03. The molecule has 0 aliphatic heterocycles. The Morgan fingerprint density at radius 3 is 2.14 bits per heavy atom. The van der Waals surface area contributed by atoms with Crippen LogP contribution in [0.25, 0.3) is 10.8 Å². The molecule has 0 radical (unpaired) electrons. The summed E-state index contributed by atoms with van der Waals surface area (Å²) >= 11 is 0. The van der Waals surface area contributed by atoms with Gasteiger partial charge in [0.1, 0.15) is 29.2 Å². The Morgan fingerprint density at radius 2 is 1.51 bits per heavy atom. The minimum Gasteiger partial charge on any atom is -0.508 e. The van der Waals surface area contributed by atoms with Gasteiger partial charge in [-0.1, -0.05) is 62.4 Å². The summed E-state index contributed by atoms with van der Waals surface area (Å²) in [5.74, 6) is -0.429. The lowest BCUT2D eigenvalue weighted by Crippen LogP contribution is -2.55. The van der Waals surface area contributed by atoms with Crippen molar-refractivity contribution >= 4 is 34.4 Å². The molecule has 0 aliphatic carbocycles. The van der Waals surface area contributed by atoms with E-state index in [2.05, 4.69) is 24.5 Å². The van der Waals surface area contributed by atoms with Crippen LogP contribution in [0.4, 0.5) is 10.5 Å². The summed E-state index contributed by atoms with van der Waals surface area (Å²) in [6.07, 6.45) is 0.704. The van der Waals surface area contributed by atoms with Crippen molar-refractivity contribution in [3.8, 4) is 11.5 Å². The van der Waals surface area contributed by atoms with E-state index >= 15 is 0 Å². The number of carbonyl (C=O) groups is 3. The van der Waals surface area contributed by atoms with Gasteiger partial charge in [0.05, 0.1) is 0 Å². The Morgan fingerprint density at radius 1 is 0.837 bits per heavy atom. The summed E-state index contributed by atoms with van der Waals surface area (Å²) in [7, 11) is 0. The highest BCUT2D eigenvalue weighted by atomic mass is 16.6. The van der Waals surface area contributed by atoms with Crippen molar-refractivity contribution in [3.05, 3.63) is 102 Å². The van der Waals surface area contributed by atoms with Crippen molar-refractivity contribution < 1.29 is 29.3 Å². The van der Waals surface area contributed by atoms with Gasteiger partial charge in [0.25, 0.3) is 5.91 Å². The van der Waals surface area contributed by atoms with Crippen LogP contribution in [0.2, 0.25) is 0 Å². The van der Waals surface area contributed by atoms with Crippen molar-refractivity contribution in [1.82, 2.24) is 10.2 Å². The molecule has 3 amide bonds. The third-order valence-electron chi connectivity index (χ3n) is 8.34. The first-order valence-corrected chi connectivity index (χ1v) is 16.8. The quantitative estimate of drug-likeness (QED) is 0.121. The molecule has 4 N–H and O–H groups in total. The highest BCUT2D eigenvalue weighted by Gasteiger charge is 2.39. The number of aryl methyl sites for hydroxylation is 1. The van der Waals surface area contributed by atoms with Gasteiger partial charge in [0, 0.05) is 18.2 Å². The number of amides is 3. The molecule has 9 heteroatoms. The highest BCUT2D eigenvalue weighted by molar-refractivity contribution is 6.00. The number of hydrogen-bond acceptors (Lipinski definition) is 6. The van der Waals surface area contributed by atoms with Crippen LogP contribution in [-0.4, -0.2) is 50.7 Å². The van der Waals surface area contributed by atoms with E-state index in [1.807, 2.05) is 49.4 Å². The summed E-state index contributed by atoms with van der Waals surface area (Å²) in [5, 5.41) is 28.1. The number of anilines is 1. The van der Waals surface area contributed by atoms with E-state index in [9.17, 15) is 24.6 Å². The Labute approximate surface area is 289 Å². The van der Waals surface area contributed by atoms with Crippen LogP contribution >= 0.6 is 0 Å². The predicted molar refractivity (Wildman–Crippen MR) is 194 cm³/mol. The van der Waals surface area contributed by atoms with Crippen LogP contribution in [0, 0.1) is 12.8 Å².